The van der Waals surface area contributed by atoms with Gasteiger partial charge in [-0.15, -0.1) is 0 Å². The van der Waals surface area contributed by atoms with Crippen LogP contribution < -0.4 is 10.2 Å². The van der Waals surface area contributed by atoms with Gasteiger partial charge in [0.2, 0.25) is 0 Å². The van der Waals surface area contributed by atoms with Crippen LogP contribution in [0.1, 0.15) is 45.7 Å². The van der Waals surface area contributed by atoms with Gasteiger partial charge >= 0.3 is 13.1 Å². The third kappa shape index (κ3) is 5.22. The van der Waals surface area contributed by atoms with Gasteiger partial charge in [0.25, 0.3) is 0 Å². The fourth-order valence-electron chi connectivity index (χ4n) is 4.58. The van der Waals surface area contributed by atoms with Crippen molar-refractivity contribution in [1.82, 2.24) is 0 Å². The number of ether oxygens (including phenoxy) is 2. The van der Waals surface area contributed by atoms with E-state index in [0.29, 0.717) is 19.0 Å². The Bertz CT molecular complexity index is 1420. The molecule has 1 fully saturated rings. The van der Waals surface area contributed by atoms with Crippen molar-refractivity contribution in [3.63, 3.8) is 0 Å². The van der Waals surface area contributed by atoms with Crippen molar-refractivity contribution in [3.05, 3.63) is 84.1 Å². The highest BCUT2D eigenvalue weighted by molar-refractivity contribution is 6.64. The second-order valence-electron chi connectivity index (χ2n) is 10.6. The number of esters is 1. The van der Waals surface area contributed by atoms with Crippen molar-refractivity contribution in [3.8, 4) is 16.9 Å². The molecule has 4 aromatic rings. The van der Waals surface area contributed by atoms with Crippen LogP contribution in [0.3, 0.4) is 0 Å². The topological polar surface area (TPSA) is 67.1 Å². The van der Waals surface area contributed by atoms with E-state index in [9.17, 15) is 4.79 Å². The molecule has 7 heteroatoms. The highest BCUT2D eigenvalue weighted by Crippen LogP contribution is 2.37. The average molecular weight is 512 g/mol. The van der Waals surface area contributed by atoms with E-state index in [1.165, 1.54) is 0 Å². The maximum atomic E-state index is 12.3. The lowest BCUT2D eigenvalue weighted by molar-refractivity contribution is -0.142. The molecule has 1 aliphatic heterocycles. The van der Waals surface area contributed by atoms with Gasteiger partial charge in [0.05, 0.1) is 30.5 Å². The monoisotopic (exact) mass is 512 g/mol. The zero-order chi connectivity index (χ0) is 26.9. The lowest BCUT2D eigenvalue weighted by atomic mass is 9.77. The molecule has 0 unspecified atom stereocenters. The normalized spacial score (nSPS) is 16.1. The van der Waals surface area contributed by atoms with E-state index in [2.05, 4.69) is 0 Å². The summed E-state index contributed by atoms with van der Waals surface area (Å²) >= 11 is 0. The van der Waals surface area contributed by atoms with Crippen LogP contribution in [0.15, 0.2) is 77.4 Å². The lowest BCUT2D eigenvalue weighted by Crippen LogP contribution is -2.41. The summed E-state index contributed by atoms with van der Waals surface area (Å²) in [4.78, 5) is 12.3. The molecule has 1 saturated heterocycles. The molecule has 5 rings (SSSR count). The van der Waals surface area contributed by atoms with Gasteiger partial charge in [0.1, 0.15) is 17.9 Å². The number of carbonyl (C=O) groups excluding carboxylic acids is 1. The molecule has 0 aliphatic carbocycles. The summed E-state index contributed by atoms with van der Waals surface area (Å²) < 4.78 is 30.0. The molecule has 3 aromatic carbocycles. The number of rotatable bonds is 8. The summed E-state index contributed by atoms with van der Waals surface area (Å²) in [5, 5.41) is 0.945. The molecule has 1 aliphatic rings. The minimum Gasteiger partial charge on any atom is -0.489 e. The number of carbonyl (C=O) groups is 1. The van der Waals surface area contributed by atoms with E-state index < -0.39 is 18.3 Å². The molecule has 0 radical (unpaired) electrons. The average Bonchev–Trinajstić information content (AvgIpc) is 3.44. The largest absolute Gasteiger partial charge is 0.498 e. The van der Waals surface area contributed by atoms with Crippen molar-refractivity contribution in [1.29, 1.82) is 0 Å². The molecular formula is C31H33BO6. The molecular weight excluding hydrogens is 479 g/mol. The first-order valence-corrected chi connectivity index (χ1v) is 13.0. The first kappa shape index (κ1) is 26.1. The predicted molar refractivity (Wildman–Crippen MR) is 148 cm³/mol. The highest BCUT2D eigenvalue weighted by Gasteiger charge is 2.52. The van der Waals surface area contributed by atoms with Crippen LogP contribution in [0, 0.1) is 0 Å². The zero-order valence-electron chi connectivity index (χ0n) is 22.6. The van der Waals surface area contributed by atoms with E-state index in [1.807, 2.05) is 94.4 Å². The molecule has 196 valence electrons. The molecule has 0 amide bonds. The van der Waals surface area contributed by atoms with Crippen LogP contribution in [0.25, 0.3) is 22.1 Å². The molecule has 0 bridgehead atoms. The van der Waals surface area contributed by atoms with Gasteiger partial charge in [-0.05, 0) is 69.5 Å². The second-order valence-corrected chi connectivity index (χ2v) is 10.6. The Morgan fingerprint density at radius 1 is 0.895 bits per heavy atom. The minimum atomic E-state index is -0.561. The van der Waals surface area contributed by atoms with Crippen LogP contribution in [-0.2, 0) is 31.9 Å². The predicted octanol–water partition coefficient (Wildman–Crippen LogP) is 6.08. The van der Waals surface area contributed by atoms with E-state index in [1.54, 1.807) is 13.2 Å². The Balaban J connectivity index is 1.45. The lowest BCUT2D eigenvalue weighted by Gasteiger charge is -2.32. The molecule has 0 saturated carbocycles. The molecule has 0 atom stereocenters. The van der Waals surface area contributed by atoms with Crippen LogP contribution in [-0.4, -0.2) is 30.9 Å². The Kier molecular flexibility index (Phi) is 7.08. The highest BCUT2D eigenvalue weighted by atomic mass is 16.7. The first-order valence-electron chi connectivity index (χ1n) is 13.0. The fourth-order valence-corrected chi connectivity index (χ4v) is 4.58. The summed E-state index contributed by atoms with van der Waals surface area (Å²) in [6.45, 7) is 10.6. The Morgan fingerprint density at radius 3 is 2.34 bits per heavy atom. The minimum absolute atomic E-state index is 0.137. The van der Waals surface area contributed by atoms with Crippen LogP contribution >= 0.6 is 0 Å². The van der Waals surface area contributed by atoms with Gasteiger partial charge in [-0.25, -0.2) is 0 Å². The first-order chi connectivity index (χ1) is 18.2. The van der Waals surface area contributed by atoms with E-state index in [4.69, 9.17) is 23.2 Å². The van der Waals surface area contributed by atoms with Gasteiger partial charge < -0.3 is 23.2 Å². The molecule has 6 nitrogen and oxygen atoms in total. The fraction of sp³-hybridized carbons (Fsp3) is 0.323. The smallest absolute Gasteiger partial charge is 0.489 e. The third-order valence-electron chi connectivity index (χ3n) is 7.36. The summed E-state index contributed by atoms with van der Waals surface area (Å²) in [5.74, 6) is 0.358. The van der Waals surface area contributed by atoms with Crippen molar-refractivity contribution < 1.29 is 28.0 Å². The second kappa shape index (κ2) is 10.3. The van der Waals surface area contributed by atoms with E-state index in [0.717, 1.165) is 38.7 Å². The van der Waals surface area contributed by atoms with E-state index in [-0.39, 0.29) is 12.4 Å². The van der Waals surface area contributed by atoms with Crippen molar-refractivity contribution in [2.45, 2.75) is 58.8 Å². The number of benzene rings is 3. The standard InChI is InChI=1S/C31H33BO6/c1-6-34-28(33)19-24-13-12-23(22-10-8-7-9-11-22)18-27(24)36-20-21-16-25-14-15-35-29(25)26(17-21)32-37-30(2,3)31(4,5)38-32/h7-18H,6,19-20H2,1-5H3. The molecule has 0 spiro atoms. The van der Waals surface area contributed by atoms with Gasteiger partial charge in [0, 0.05) is 16.4 Å². The summed E-state index contributed by atoms with van der Waals surface area (Å²) in [6, 6.07) is 22.0. The van der Waals surface area contributed by atoms with Gasteiger partial charge in [-0.1, -0.05) is 48.5 Å². The van der Waals surface area contributed by atoms with Crippen molar-refractivity contribution in [2.75, 3.05) is 6.61 Å². The summed E-state index contributed by atoms with van der Waals surface area (Å²) in [5.41, 5.74) is 4.43. The number of furan rings is 1. The number of hydrogen-bond acceptors (Lipinski definition) is 6. The molecule has 1 aromatic heterocycles. The summed E-state index contributed by atoms with van der Waals surface area (Å²) in [7, 11) is -0.561. The van der Waals surface area contributed by atoms with Crippen molar-refractivity contribution >= 4 is 29.5 Å². The SMILES string of the molecule is CCOC(=O)Cc1ccc(-c2ccccc2)cc1OCc1cc(B2OC(C)(C)C(C)(C)O2)c2occc2c1. The molecule has 38 heavy (non-hydrogen) atoms. The number of hydrogen-bond donors (Lipinski definition) is 0. The van der Waals surface area contributed by atoms with Gasteiger partial charge in [-0.3, -0.25) is 4.79 Å². The van der Waals surface area contributed by atoms with Gasteiger partial charge in [-0.2, -0.15) is 0 Å². The molecule has 0 N–H and O–H groups in total. The maximum absolute atomic E-state index is 12.3. The Labute approximate surface area is 224 Å². The summed E-state index contributed by atoms with van der Waals surface area (Å²) in [6.07, 6.45) is 1.81. The third-order valence-corrected chi connectivity index (χ3v) is 7.36. The van der Waals surface area contributed by atoms with Crippen molar-refractivity contribution in [2.24, 2.45) is 0 Å². The van der Waals surface area contributed by atoms with Crippen LogP contribution in [0.5, 0.6) is 5.75 Å². The zero-order valence-corrected chi connectivity index (χ0v) is 22.6. The molecule has 2 heterocycles. The van der Waals surface area contributed by atoms with Gasteiger partial charge in [0.15, 0.2) is 0 Å². The van der Waals surface area contributed by atoms with Crippen LogP contribution in [0.2, 0.25) is 0 Å². The quantitative estimate of drug-likeness (QED) is 0.211. The Morgan fingerprint density at radius 2 is 1.63 bits per heavy atom. The van der Waals surface area contributed by atoms with E-state index >= 15 is 0 Å². The number of fused-ring (bicyclic) bond motifs is 1. The Hall–Kier alpha value is -3.55. The van der Waals surface area contributed by atoms with Crippen LogP contribution in [0.4, 0.5) is 0 Å². The maximum Gasteiger partial charge on any atom is 0.498 e.